The summed E-state index contributed by atoms with van der Waals surface area (Å²) in [5, 5.41) is 4.84. The third-order valence-corrected chi connectivity index (χ3v) is 9.43. The van der Waals surface area contributed by atoms with Gasteiger partial charge in [-0.25, -0.2) is 13.8 Å². The van der Waals surface area contributed by atoms with E-state index in [9.17, 15) is 27.2 Å². The minimum absolute atomic E-state index is 0.0960. The zero-order chi connectivity index (χ0) is 33.4. The van der Waals surface area contributed by atoms with Crippen LogP contribution in [0.4, 0.5) is 23.2 Å². The largest absolute Gasteiger partial charge is 0.496 e. The lowest BCUT2D eigenvalue weighted by Gasteiger charge is -2.24. The Kier molecular flexibility index (Phi) is 8.84. The van der Waals surface area contributed by atoms with Crippen molar-refractivity contribution in [3.05, 3.63) is 142 Å². The van der Waals surface area contributed by atoms with E-state index in [4.69, 9.17) is 9.47 Å². The minimum atomic E-state index is -1.66. The second kappa shape index (κ2) is 13.0. The predicted octanol–water partition coefficient (Wildman–Crippen LogP) is 6.39. The van der Waals surface area contributed by atoms with Crippen LogP contribution in [0.25, 0.3) is 6.08 Å². The molecule has 0 saturated heterocycles. The molecule has 0 bridgehead atoms. The first kappa shape index (κ1) is 32.0. The monoisotopic (exact) mass is 679 g/mol. The van der Waals surface area contributed by atoms with Gasteiger partial charge in [0.25, 0.3) is 11.5 Å². The summed E-state index contributed by atoms with van der Waals surface area (Å²) >= 11 is 2.55. The first-order valence-corrected chi connectivity index (χ1v) is 15.8. The number of methoxy groups -OCH3 is 1. The van der Waals surface area contributed by atoms with Crippen LogP contribution in [0, 0.1) is 30.2 Å². The van der Waals surface area contributed by atoms with Crippen LogP contribution >= 0.6 is 22.7 Å². The highest BCUT2D eigenvalue weighted by Gasteiger charge is 2.33. The maximum atomic E-state index is 14.2. The average Bonchev–Trinajstić information content (AvgIpc) is 3.69. The van der Waals surface area contributed by atoms with Crippen LogP contribution in [0.1, 0.15) is 34.5 Å². The van der Waals surface area contributed by atoms with Crippen molar-refractivity contribution in [1.29, 1.82) is 0 Å². The zero-order valence-corrected chi connectivity index (χ0v) is 26.7. The molecule has 0 spiro atoms. The molecule has 0 aliphatic carbocycles. The van der Waals surface area contributed by atoms with Gasteiger partial charge in [-0.05, 0) is 60.7 Å². The number of hydrogen-bond acceptors (Lipinski definition) is 7. The molecule has 0 radical (unpaired) electrons. The predicted molar refractivity (Wildman–Crippen MR) is 171 cm³/mol. The molecule has 13 heteroatoms. The lowest BCUT2D eigenvalue weighted by atomic mass is 10.0. The number of nitrogens with zero attached hydrogens (tertiary/aromatic N) is 2. The Morgan fingerprint density at radius 1 is 1.02 bits per heavy atom. The molecular weight excluding hydrogens is 655 g/mol. The average molecular weight is 680 g/mol. The van der Waals surface area contributed by atoms with Crippen LogP contribution in [-0.2, 0) is 11.4 Å². The van der Waals surface area contributed by atoms with Crippen LogP contribution in [-0.4, -0.2) is 17.6 Å². The van der Waals surface area contributed by atoms with E-state index in [-0.39, 0.29) is 23.3 Å². The molecule has 2 aromatic heterocycles. The highest BCUT2D eigenvalue weighted by molar-refractivity contribution is 7.10. The number of rotatable bonds is 8. The number of hydrogen-bond donors (Lipinski definition) is 1. The number of ether oxygens (including phenoxy) is 2. The van der Waals surface area contributed by atoms with E-state index in [0.29, 0.717) is 37.4 Å². The first-order valence-electron chi connectivity index (χ1n) is 14.1. The standard InChI is InChI=1S/C34H25F4N3O4S2/c1-17-7-4-5-8-23(17)40-32(42)27-18(2)39-34-41(30(27)25-9-6-12-46-25)33(43)26(47-34)14-19-10-11-24(44-3)20(13-19)16-45-31-28(37)21(35)15-22(36)29(31)38/h4-15,30H,16H2,1-3H3,(H,40,42)/b26-14+/t30-/m1/s1. The number of carbonyl (C=O) groups is 1. The van der Waals surface area contributed by atoms with E-state index in [1.165, 1.54) is 23.0 Å². The molecule has 1 N–H and O–H groups in total. The summed E-state index contributed by atoms with van der Waals surface area (Å²) in [6.07, 6.45) is 1.60. The van der Waals surface area contributed by atoms with Crippen molar-refractivity contribution in [3.8, 4) is 11.5 Å². The quantitative estimate of drug-likeness (QED) is 0.152. The van der Waals surface area contributed by atoms with E-state index in [1.54, 1.807) is 37.3 Å². The number of carbonyl (C=O) groups excluding carboxylic acids is 1. The molecule has 47 heavy (non-hydrogen) atoms. The second-order valence-electron chi connectivity index (χ2n) is 10.5. The van der Waals surface area contributed by atoms with Crippen molar-refractivity contribution in [2.24, 2.45) is 4.99 Å². The number of nitrogens with one attached hydrogen (secondary N) is 1. The van der Waals surface area contributed by atoms with Gasteiger partial charge >= 0.3 is 0 Å². The van der Waals surface area contributed by atoms with Crippen LogP contribution < -0.4 is 29.7 Å². The Balaban J connectivity index is 1.38. The van der Waals surface area contributed by atoms with Gasteiger partial charge in [0, 0.05) is 22.2 Å². The fraction of sp³-hybridized carbons (Fsp3) is 0.147. The number of para-hydroxylation sites is 1. The van der Waals surface area contributed by atoms with E-state index in [2.05, 4.69) is 10.3 Å². The highest BCUT2D eigenvalue weighted by Crippen LogP contribution is 2.34. The highest BCUT2D eigenvalue weighted by atomic mass is 32.1. The number of aryl methyl sites for hydroxylation is 1. The van der Waals surface area contributed by atoms with Crippen molar-refractivity contribution < 1.29 is 31.8 Å². The summed E-state index contributed by atoms with van der Waals surface area (Å²) in [5.41, 5.74) is 2.75. The Labute approximate surface area is 273 Å². The molecular formula is C34H25F4N3O4S2. The molecule has 0 saturated carbocycles. The normalized spacial score (nSPS) is 14.5. The van der Waals surface area contributed by atoms with E-state index < -0.39 is 41.7 Å². The summed E-state index contributed by atoms with van der Waals surface area (Å²) in [4.78, 5) is 33.6. The lowest BCUT2D eigenvalue weighted by Crippen LogP contribution is -2.40. The molecule has 5 aromatic rings. The molecule has 0 fully saturated rings. The van der Waals surface area contributed by atoms with Gasteiger partial charge in [0.15, 0.2) is 22.2 Å². The van der Waals surface area contributed by atoms with E-state index >= 15 is 0 Å². The van der Waals surface area contributed by atoms with Gasteiger partial charge in [-0.15, -0.1) is 11.3 Å². The Hall–Kier alpha value is -5.01. The smallest absolute Gasteiger partial charge is 0.271 e. The van der Waals surface area contributed by atoms with Crippen LogP contribution in [0.15, 0.2) is 87.1 Å². The number of fused-ring (bicyclic) bond motifs is 1. The van der Waals surface area contributed by atoms with E-state index in [1.807, 2.05) is 42.6 Å². The SMILES string of the molecule is COc1ccc(/C=c2/sc3n(c2=O)[C@H](c2cccs2)C(C(=O)Nc2ccccc2C)=C(C)N=3)cc1COc1c(F)c(F)cc(F)c1F. The third kappa shape index (κ3) is 6.11. The summed E-state index contributed by atoms with van der Waals surface area (Å²) in [6.45, 7) is 3.12. The van der Waals surface area contributed by atoms with Crippen molar-refractivity contribution in [2.75, 3.05) is 12.4 Å². The number of anilines is 1. The fourth-order valence-corrected chi connectivity index (χ4v) is 7.08. The number of aromatic nitrogens is 1. The summed E-state index contributed by atoms with van der Waals surface area (Å²) < 4.78 is 68.1. The lowest BCUT2D eigenvalue weighted by molar-refractivity contribution is -0.113. The molecule has 1 aliphatic heterocycles. The molecule has 3 aromatic carbocycles. The van der Waals surface area contributed by atoms with Crippen LogP contribution in [0.3, 0.4) is 0 Å². The van der Waals surface area contributed by atoms with Gasteiger partial charge in [0.1, 0.15) is 18.4 Å². The number of halogens is 4. The van der Waals surface area contributed by atoms with Crippen molar-refractivity contribution >= 4 is 40.3 Å². The van der Waals surface area contributed by atoms with Crippen molar-refractivity contribution in [3.63, 3.8) is 0 Å². The molecule has 3 heterocycles. The Bertz CT molecular complexity index is 2220. The van der Waals surface area contributed by atoms with Gasteiger partial charge in [-0.1, -0.05) is 41.7 Å². The van der Waals surface area contributed by atoms with Crippen molar-refractivity contribution in [2.45, 2.75) is 26.5 Å². The van der Waals surface area contributed by atoms with Gasteiger partial charge < -0.3 is 14.8 Å². The zero-order valence-electron chi connectivity index (χ0n) is 25.1. The number of thiazole rings is 1. The third-order valence-electron chi connectivity index (χ3n) is 7.52. The van der Waals surface area contributed by atoms with Crippen molar-refractivity contribution in [1.82, 2.24) is 4.57 Å². The first-order chi connectivity index (χ1) is 22.6. The maximum Gasteiger partial charge on any atom is 0.271 e. The molecule has 0 unspecified atom stereocenters. The molecule has 1 atom stereocenters. The molecule has 7 nitrogen and oxygen atoms in total. The number of amides is 1. The molecule has 6 rings (SSSR count). The topological polar surface area (TPSA) is 81.9 Å². The fourth-order valence-electron chi connectivity index (χ4n) is 5.21. The van der Waals surface area contributed by atoms with Crippen LogP contribution in [0.5, 0.6) is 11.5 Å². The second-order valence-corrected chi connectivity index (χ2v) is 12.5. The van der Waals surface area contributed by atoms with Gasteiger partial charge in [0.2, 0.25) is 11.6 Å². The van der Waals surface area contributed by atoms with Gasteiger partial charge in [-0.3, -0.25) is 14.2 Å². The van der Waals surface area contributed by atoms with E-state index in [0.717, 1.165) is 21.8 Å². The molecule has 240 valence electrons. The summed E-state index contributed by atoms with van der Waals surface area (Å²) in [7, 11) is 1.37. The number of benzene rings is 3. The number of thiophene rings is 1. The minimum Gasteiger partial charge on any atom is -0.496 e. The molecule has 1 aliphatic rings. The Morgan fingerprint density at radius 3 is 2.45 bits per heavy atom. The summed E-state index contributed by atoms with van der Waals surface area (Å²) in [5.74, 6) is -7.82. The Morgan fingerprint density at radius 2 is 1.77 bits per heavy atom. The molecule has 1 amide bonds. The maximum absolute atomic E-state index is 14.2. The number of allylic oxidation sites excluding steroid dienone is 1. The van der Waals surface area contributed by atoms with Crippen LogP contribution in [0.2, 0.25) is 0 Å². The van der Waals surface area contributed by atoms with Gasteiger partial charge in [-0.2, -0.15) is 8.78 Å². The summed E-state index contributed by atoms with van der Waals surface area (Å²) in [6, 6.07) is 15.2. The van der Waals surface area contributed by atoms with Gasteiger partial charge in [0.05, 0.1) is 22.9 Å².